The molecule has 0 aliphatic carbocycles. The van der Waals surface area contributed by atoms with Gasteiger partial charge in [0.05, 0.1) is 17.2 Å². The van der Waals surface area contributed by atoms with Gasteiger partial charge in [0.2, 0.25) is 0 Å². The molecule has 7 nitrogen and oxygen atoms in total. The number of fused-ring (bicyclic) bond motifs is 4. The molecule has 2 aromatic carbocycles. The highest BCUT2D eigenvalue weighted by Crippen LogP contribution is 2.38. The average molecular weight is 360 g/mol. The number of pyridine rings is 1. The van der Waals surface area contributed by atoms with Crippen LogP contribution in [0.15, 0.2) is 41.7 Å². The Morgan fingerprint density at radius 2 is 1.96 bits per heavy atom. The standard InChI is InChI=1S/C19H13FN6O/c1-8-4-10-14(9-2-3-13(20)16-12(9)6-24-26-16)15(21)19(27)25-18(10)17-11(8)5-22-7-23-17/h2-7H,21H2,1H3,(H,24,26)(H,25,27). The summed E-state index contributed by atoms with van der Waals surface area (Å²) < 4.78 is 14.1. The molecule has 8 heteroatoms. The molecule has 0 amide bonds. The molecule has 27 heavy (non-hydrogen) atoms. The number of rotatable bonds is 1. The van der Waals surface area contributed by atoms with Crippen LogP contribution in [0.5, 0.6) is 0 Å². The predicted octanol–water partition coefficient (Wildman–Crippen LogP) is 3.04. The molecule has 3 aromatic heterocycles. The van der Waals surface area contributed by atoms with Crippen molar-refractivity contribution in [1.82, 2.24) is 25.1 Å². The SMILES string of the molecule is Cc1cc2c(-c3ccc(F)c4[nH]ncc34)c(N)c(=O)[nH]c2c2ncncc12. The van der Waals surface area contributed by atoms with E-state index in [0.717, 1.165) is 16.3 Å². The highest BCUT2D eigenvalue weighted by Gasteiger charge is 2.19. The molecule has 0 aliphatic heterocycles. The van der Waals surface area contributed by atoms with Crippen LogP contribution in [0.25, 0.3) is 43.8 Å². The molecule has 4 N–H and O–H groups in total. The Kier molecular flexibility index (Phi) is 3.06. The number of nitrogens with zero attached hydrogens (tertiary/aromatic N) is 3. The maximum atomic E-state index is 14.1. The number of aryl methyl sites for hydroxylation is 1. The van der Waals surface area contributed by atoms with Gasteiger partial charge < -0.3 is 10.7 Å². The molecule has 3 heterocycles. The normalized spacial score (nSPS) is 11.6. The van der Waals surface area contributed by atoms with E-state index in [2.05, 4.69) is 25.1 Å². The molecule has 0 bridgehead atoms. The average Bonchev–Trinajstić information content (AvgIpc) is 3.16. The van der Waals surface area contributed by atoms with Crippen LogP contribution in [0, 0.1) is 12.7 Å². The Hall–Kier alpha value is -3.81. The number of aromatic nitrogens is 5. The minimum Gasteiger partial charge on any atom is -0.394 e. The highest BCUT2D eigenvalue weighted by atomic mass is 19.1. The summed E-state index contributed by atoms with van der Waals surface area (Å²) in [4.78, 5) is 23.8. The van der Waals surface area contributed by atoms with Gasteiger partial charge in [-0.15, -0.1) is 0 Å². The van der Waals surface area contributed by atoms with Crippen molar-refractivity contribution < 1.29 is 4.39 Å². The topological polar surface area (TPSA) is 113 Å². The molecule has 0 unspecified atom stereocenters. The summed E-state index contributed by atoms with van der Waals surface area (Å²) in [5.41, 5.74) is 9.36. The Morgan fingerprint density at radius 1 is 1.11 bits per heavy atom. The van der Waals surface area contributed by atoms with Crippen LogP contribution in [-0.2, 0) is 0 Å². The molecule has 0 saturated heterocycles. The van der Waals surface area contributed by atoms with Crippen molar-refractivity contribution in [2.75, 3.05) is 5.73 Å². The van der Waals surface area contributed by atoms with Crippen molar-refractivity contribution in [2.45, 2.75) is 6.92 Å². The van der Waals surface area contributed by atoms with Crippen molar-refractivity contribution in [3.8, 4) is 11.1 Å². The van der Waals surface area contributed by atoms with Gasteiger partial charge in [0.25, 0.3) is 5.56 Å². The summed E-state index contributed by atoms with van der Waals surface area (Å²) in [7, 11) is 0. The molecular weight excluding hydrogens is 347 g/mol. The number of anilines is 1. The maximum absolute atomic E-state index is 14.1. The van der Waals surface area contributed by atoms with E-state index in [4.69, 9.17) is 5.73 Å². The third-order valence-corrected chi connectivity index (χ3v) is 4.86. The third-order valence-electron chi connectivity index (χ3n) is 4.86. The van der Waals surface area contributed by atoms with E-state index in [9.17, 15) is 9.18 Å². The highest BCUT2D eigenvalue weighted by molar-refractivity contribution is 6.14. The van der Waals surface area contributed by atoms with Gasteiger partial charge in [0.1, 0.15) is 23.3 Å². The molecular formula is C19H13FN6O. The second-order valence-corrected chi connectivity index (χ2v) is 6.40. The summed E-state index contributed by atoms with van der Waals surface area (Å²) >= 11 is 0. The Morgan fingerprint density at radius 3 is 2.81 bits per heavy atom. The van der Waals surface area contributed by atoms with E-state index in [1.165, 1.54) is 18.6 Å². The first-order valence-corrected chi connectivity index (χ1v) is 8.23. The zero-order chi connectivity index (χ0) is 18.7. The lowest BCUT2D eigenvalue weighted by Crippen LogP contribution is -2.14. The minimum atomic E-state index is -0.428. The first kappa shape index (κ1) is 15.4. The van der Waals surface area contributed by atoms with Crippen molar-refractivity contribution in [1.29, 1.82) is 0 Å². The van der Waals surface area contributed by atoms with Crippen LogP contribution in [-0.4, -0.2) is 25.1 Å². The lowest BCUT2D eigenvalue weighted by Gasteiger charge is -2.13. The number of hydrogen-bond acceptors (Lipinski definition) is 5. The van der Waals surface area contributed by atoms with Gasteiger partial charge in [0.15, 0.2) is 0 Å². The lowest BCUT2D eigenvalue weighted by molar-refractivity contribution is 0.636. The number of H-pyrrole nitrogens is 2. The number of benzene rings is 2. The van der Waals surface area contributed by atoms with E-state index in [0.29, 0.717) is 27.5 Å². The number of aromatic amines is 2. The smallest absolute Gasteiger partial charge is 0.272 e. The lowest BCUT2D eigenvalue weighted by atomic mass is 9.94. The molecule has 0 aliphatic rings. The van der Waals surface area contributed by atoms with Gasteiger partial charge in [0, 0.05) is 27.9 Å². The van der Waals surface area contributed by atoms with Crippen molar-refractivity contribution in [3.05, 3.63) is 58.7 Å². The molecule has 0 spiro atoms. The van der Waals surface area contributed by atoms with Crippen LogP contribution in [0.4, 0.5) is 10.1 Å². The Labute approximate surface area is 151 Å². The van der Waals surface area contributed by atoms with E-state index in [1.807, 2.05) is 13.0 Å². The first-order chi connectivity index (χ1) is 13.1. The predicted molar refractivity (Wildman–Crippen MR) is 102 cm³/mol. The van der Waals surface area contributed by atoms with Crippen molar-refractivity contribution in [3.63, 3.8) is 0 Å². The summed E-state index contributed by atoms with van der Waals surface area (Å²) in [6.45, 7) is 1.94. The molecule has 132 valence electrons. The number of nitrogens with two attached hydrogens (primary N) is 1. The number of halogens is 1. The fourth-order valence-electron chi connectivity index (χ4n) is 3.58. The minimum absolute atomic E-state index is 0.0596. The molecule has 0 fully saturated rings. The molecule has 0 saturated carbocycles. The van der Waals surface area contributed by atoms with Gasteiger partial charge in [-0.2, -0.15) is 5.10 Å². The van der Waals surface area contributed by atoms with Crippen LogP contribution in [0.1, 0.15) is 5.56 Å². The Balaban J connectivity index is 2.03. The van der Waals surface area contributed by atoms with E-state index in [1.54, 1.807) is 12.3 Å². The first-order valence-electron chi connectivity index (χ1n) is 8.23. The zero-order valence-corrected chi connectivity index (χ0v) is 14.2. The van der Waals surface area contributed by atoms with Crippen molar-refractivity contribution in [2.24, 2.45) is 0 Å². The summed E-state index contributed by atoms with van der Waals surface area (Å²) in [6.07, 6.45) is 4.66. The van der Waals surface area contributed by atoms with E-state index in [-0.39, 0.29) is 11.2 Å². The van der Waals surface area contributed by atoms with Gasteiger partial charge in [-0.3, -0.25) is 9.89 Å². The number of nitrogens with one attached hydrogen (secondary N) is 2. The Bertz CT molecular complexity index is 1440. The monoisotopic (exact) mass is 360 g/mol. The fourth-order valence-corrected chi connectivity index (χ4v) is 3.58. The van der Waals surface area contributed by atoms with Crippen LogP contribution in [0.3, 0.4) is 0 Å². The van der Waals surface area contributed by atoms with Crippen LogP contribution < -0.4 is 11.3 Å². The van der Waals surface area contributed by atoms with E-state index < -0.39 is 11.4 Å². The van der Waals surface area contributed by atoms with Crippen LogP contribution in [0.2, 0.25) is 0 Å². The van der Waals surface area contributed by atoms with Gasteiger partial charge in [-0.25, -0.2) is 14.4 Å². The summed E-state index contributed by atoms with van der Waals surface area (Å²) in [5.74, 6) is -0.423. The largest absolute Gasteiger partial charge is 0.394 e. The van der Waals surface area contributed by atoms with Gasteiger partial charge in [-0.05, 0) is 30.2 Å². The fraction of sp³-hybridized carbons (Fsp3) is 0.0526. The quantitative estimate of drug-likeness (QED) is 0.398. The summed E-state index contributed by atoms with van der Waals surface area (Å²) in [6, 6.07) is 4.87. The third kappa shape index (κ3) is 2.06. The molecule has 0 atom stereocenters. The van der Waals surface area contributed by atoms with Gasteiger partial charge >= 0.3 is 0 Å². The molecule has 0 radical (unpaired) electrons. The van der Waals surface area contributed by atoms with Gasteiger partial charge in [-0.1, -0.05) is 6.07 Å². The van der Waals surface area contributed by atoms with Crippen LogP contribution >= 0.6 is 0 Å². The second-order valence-electron chi connectivity index (χ2n) is 6.40. The molecule has 5 rings (SSSR count). The zero-order valence-electron chi connectivity index (χ0n) is 14.2. The van der Waals surface area contributed by atoms with Crippen molar-refractivity contribution >= 4 is 38.4 Å². The maximum Gasteiger partial charge on any atom is 0.272 e. The second kappa shape index (κ2) is 5.34. The van der Waals surface area contributed by atoms with E-state index >= 15 is 0 Å². The number of hydrogen-bond donors (Lipinski definition) is 3. The number of nitrogen functional groups attached to an aromatic ring is 1. The molecule has 5 aromatic rings. The summed E-state index contributed by atoms with van der Waals surface area (Å²) in [5, 5.41) is 8.70.